The molecular formula is C18H26N2O4. The van der Waals surface area contributed by atoms with Crippen molar-refractivity contribution in [2.24, 2.45) is 5.92 Å². The number of hydrogen-bond donors (Lipinski definition) is 2. The molecule has 2 N–H and O–H groups in total. The van der Waals surface area contributed by atoms with E-state index in [1.807, 2.05) is 26.0 Å². The number of fused-ring (bicyclic) bond motifs is 1. The summed E-state index contributed by atoms with van der Waals surface area (Å²) in [5, 5.41) is 12.8. The van der Waals surface area contributed by atoms with E-state index in [2.05, 4.69) is 5.32 Å². The van der Waals surface area contributed by atoms with Gasteiger partial charge in [-0.05, 0) is 18.1 Å². The Balaban J connectivity index is 1.85. The Labute approximate surface area is 142 Å². The van der Waals surface area contributed by atoms with E-state index in [-0.39, 0.29) is 37.3 Å². The summed E-state index contributed by atoms with van der Waals surface area (Å²) in [6, 6.07) is 7.29. The Morgan fingerprint density at radius 1 is 1.33 bits per heavy atom. The molecule has 0 saturated heterocycles. The first-order valence-electron chi connectivity index (χ1n) is 8.53. The van der Waals surface area contributed by atoms with Gasteiger partial charge in [0.05, 0.1) is 11.8 Å². The lowest BCUT2D eigenvalue weighted by Gasteiger charge is -2.29. The molecule has 0 radical (unpaired) electrons. The third kappa shape index (κ3) is 4.47. The van der Waals surface area contributed by atoms with Gasteiger partial charge in [0, 0.05) is 19.5 Å². The molecule has 1 aliphatic rings. The van der Waals surface area contributed by atoms with Crippen molar-refractivity contribution >= 4 is 17.5 Å². The predicted molar refractivity (Wildman–Crippen MR) is 92.0 cm³/mol. The highest BCUT2D eigenvalue weighted by molar-refractivity contribution is 5.98. The molecule has 0 spiro atoms. The van der Waals surface area contributed by atoms with Crippen LogP contribution in [0.1, 0.15) is 33.1 Å². The number of ether oxygens (including phenoxy) is 1. The fraction of sp³-hybridized carbons (Fsp3) is 0.556. The first-order chi connectivity index (χ1) is 11.6. The molecule has 1 aromatic carbocycles. The minimum Gasteiger partial charge on any atom is -0.482 e. The molecule has 0 aromatic heterocycles. The topological polar surface area (TPSA) is 78.9 Å². The summed E-state index contributed by atoms with van der Waals surface area (Å²) in [6.45, 7) is 4.60. The highest BCUT2D eigenvalue weighted by atomic mass is 16.5. The highest BCUT2D eigenvalue weighted by Gasteiger charge is 2.25. The van der Waals surface area contributed by atoms with Crippen LogP contribution in [0, 0.1) is 5.92 Å². The van der Waals surface area contributed by atoms with Gasteiger partial charge in [-0.1, -0.05) is 38.8 Å². The Hall–Kier alpha value is -2.08. The van der Waals surface area contributed by atoms with E-state index in [9.17, 15) is 14.7 Å². The summed E-state index contributed by atoms with van der Waals surface area (Å²) >= 11 is 0. The van der Waals surface area contributed by atoms with Crippen LogP contribution in [0.15, 0.2) is 24.3 Å². The van der Waals surface area contributed by atoms with Crippen molar-refractivity contribution in [1.29, 1.82) is 0 Å². The lowest BCUT2D eigenvalue weighted by atomic mass is 9.96. The molecule has 2 rings (SSSR count). The van der Waals surface area contributed by atoms with Crippen LogP contribution >= 0.6 is 0 Å². The van der Waals surface area contributed by atoms with Gasteiger partial charge in [-0.3, -0.25) is 9.59 Å². The lowest BCUT2D eigenvalue weighted by Crippen LogP contribution is -2.42. The van der Waals surface area contributed by atoms with Gasteiger partial charge in [-0.2, -0.15) is 0 Å². The zero-order valence-electron chi connectivity index (χ0n) is 14.3. The number of anilines is 1. The van der Waals surface area contributed by atoms with Gasteiger partial charge in [-0.25, -0.2) is 0 Å². The molecule has 1 heterocycles. The molecule has 1 aromatic rings. The SMILES string of the molecule is CCC(CC)C(O)CNC(=O)CCN1C(=O)COc2ccccc21. The molecule has 0 bridgehead atoms. The molecule has 0 saturated carbocycles. The van der Waals surface area contributed by atoms with Crippen LogP contribution in [0.3, 0.4) is 0 Å². The molecule has 6 nitrogen and oxygen atoms in total. The Morgan fingerprint density at radius 2 is 2.04 bits per heavy atom. The second-order valence-corrected chi connectivity index (χ2v) is 6.00. The molecule has 0 fully saturated rings. The molecular weight excluding hydrogens is 308 g/mol. The number of para-hydroxylation sites is 2. The van der Waals surface area contributed by atoms with Gasteiger partial charge in [0.2, 0.25) is 5.91 Å². The first-order valence-corrected chi connectivity index (χ1v) is 8.53. The lowest BCUT2D eigenvalue weighted by molar-refractivity contribution is -0.122. The van der Waals surface area contributed by atoms with Crippen LogP contribution in [0.2, 0.25) is 0 Å². The smallest absolute Gasteiger partial charge is 0.265 e. The molecule has 2 amide bonds. The summed E-state index contributed by atoms with van der Waals surface area (Å²) in [5.74, 6) is 0.523. The van der Waals surface area contributed by atoms with Crippen LogP contribution in [0.5, 0.6) is 5.75 Å². The number of carbonyl (C=O) groups is 2. The van der Waals surface area contributed by atoms with E-state index >= 15 is 0 Å². The van der Waals surface area contributed by atoms with E-state index in [4.69, 9.17) is 4.74 Å². The number of carbonyl (C=O) groups excluding carboxylic acids is 2. The summed E-state index contributed by atoms with van der Waals surface area (Å²) < 4.78 is 5.38. The van der Waals surface area contributed by atoms with Crippen molar-refractivity contribution in [2.75, 3.05) is 24.6 Å². The monoisotopic (exact) mass is 334 g/mol. The average molecular weight is 334 g/mol. The van der Waals surface area contributed by atoms with Gasteiger partial charge in [-0.15, -0.1) is 0 Å². The summed E-state index contributed by atoms with van der Waals surface area (Å²) in [4.78, 5) is 25.6. The molecule has 132 valence electrons. The van der Waals surface area contributed by atoms with E-state index in [1.54, 1.807) is 17.0 Å². The van der Waals surface area contributed by atoms with Gasteiger partial charge in [0.15, 0.2) is 6.61 Å². The van der Waals surface area contributed by atoms with Crippen molar-refractivity contribution in [3.63, 3.8) is 0 Å². The quantitative estimate of drug-likeness (QED) is 0.759. The third-order valence-corrected chi connectivity index (χ3v) is 4.47. The van der Waals surface area contributed by atoms with Crippen LogP contribution in [-0.4, -0.2) is 42.7 Å². The number of rotatable bonds is 8. The summed E-state index contributed by atoms with van der Waals surface area (Å²) in [7, 11) is 0. The first kappa shape index (κ1) is 18.3. The fourth-order valence-corrected chi connectivity index (χ4v) is 2.92. The van der Waals surface area contributed by atoms with Crippen molar-refractivity contribution in [3.8, 4) is 5.75 Å². The summed E-state index contributed by atoms with van der Waals surface area (Å²) in [5.41, 5.74) is 0.693. The Morgan fingerprint density at radius 3 is 2.75 bits per heavy atom. The van der Waals surface area contributed by atoms with E-state index < -0.39 is 6.10 Å². The van der Waals surface area contributed by atoms with Crippen molar-refractivity contribution < 1.29 is 19.4 Å². The zero-order chi connectivity index (χ0) is 17.5. The molecule has 1 aliphatic heterocycles. The average Bonchev–Trinajstić information content (AvgIpc) is 2.60. The van der Waals surface area contributed by atoms with E-state index in [1.165, 1.54) is 0 Å². The number of aliphatic hydroxyl groups is 1. The van der Waals surface area contributed by atoms with Crippen molar-refractivity contribution in [1.82, 2.24) is 5.32 Å². The fourth-order valence-electron chi connectivity index (χ4n) is 2.92. The maximum absolute atomic E-state index is 12.0. The minimum atomic E-state index is -0.533. The standard InChI is InChI=1S/C18H26N2O4/c1-3-13(4-2)15(21)11-19-17(22)9-10-20-14-7-5-6-8-16(14)24-12-18(20)23/h5-8,13,15,21H,3-4,9-12H2,1-2H3,(H,19,22). The van der Waals surface area contributed by atoms with Crippen LogP contribution in [0.4, 0.5) is 5.69 Å². The van der Waals surface area contributed by atoms with Gasteiger partial charge in [0.1, 0.15) is 5.75 Å². The molecule has 0 aliphatic carbocycles. The van der Waals surface area contributed by atoms with Gasteiger partial charge in [0.25, 0.3) is 5.91 Å². The normalized spacial score (nSPS) is 15.0. The number of nitrogens with zero attached hydrogens (tertiary/aromatic N) is 1. The molecule has 24 heavy (non-hydrogen) atoms. The zero-order valence-corrected chi connectivity index (χ0v) is 14.3. The minimum absolute atomic E-state index is 0.00791. The number of hydrogen-bond acceptors (Lipinski definition) is 4. The summed E-state index contributed by atoms with van der Waals surface area (Å²) in [6.07, 6.45) is 1.42. The van der Waals surface area contributed by atoms with Crippen molar-refractivity contribution in [2.45, 2.75) is 39.2 Å². The second-order valence-electron chi connectivity index (χ2n) is 6.00. The largest absolute Gasteiger partial charge is 0.482 e. The number of benzene rings is 1. The van der Waals surface area contributed by atoms with E-state index in [0.717, 1.165) is 12.8 Å². The van der Waals surface area contributed by atoms with Crippen LogP contribution < -0.4 is 15.0 Å². The third-order valence-electron chi connectivity index (χ3n) is 4.47. The van der Waals surface area contributed by atoms with Crippen molar-refractivity contribution in [3.05, 3.63) is 24.3 Å². The second kappa shape index (κ2) is 8.68. The van der Waals surface area contributed by atoms with Crippen LogP contribution in [-0.2, 0) is 9.59 Å². The molecule has 6 heteroatoms. The molecule has 1 atom stereocenters. The Kier molecular flexibility index (Phi) is 6.61. The van der Waals surface area contributed by atoms with Gasteiger partial charge < -0.3 is 20.1 Å². The Bertz CT molecular complexity index is 572. The molecule has 1 unspecified atom stereocenters. The highest BCUT2D eigenvalue weighted by Crippen LogP contribution is 2.31. The number of amides is 2. The number of nitrogens with one attached hydrogen (secondary N) is 1. The maximum Gasteiger partial charge on any atom is 0.265 e. The maximum atomic E-state index is 12.0. The van der Waals surface area contributed by atoms with Gasteiger partial charge >= 0.3 is 0 Å². The predicted octanol–water partition coefficient (Wildman–Crippen LogP) is 1.72. The van der Waals surface area contributed by atoms with Crippen LogP contribution in [0.25, 0.3) is 0 Å². The van der Waals surface area contributed by atoms with E-state index in [0.29, 0.717) is 18.0 Å². The number of aliphatic hydroxyl groups excluding tert-OH is 1.